The van der Waals surface area contributed by atoms with E-state index in [1.165, 1.54) is 13.2 Å². The zero-order chi connectivity index (χ0) is 20.0. The third-order valence-electron chi connectivity index (χ3n) is 5.48. The standard InChI is InChI=1S/C21H31F2NO3/c1-21(2,3)16-8-6-15(7-9-16)19(25)24-12-11-14-5-10-17(26-4)18(13-14)27-20(22)23/h5,10,13,15-16,20H,6-9,11-12H2,1-4H3,(H,24,25). The lowest BCUT2D eigenvalue weighted by atomic mass is 9.69. The minimum absolute atomic E-state index is 0.0110. The van der Waals surface area contributed by atoms with E-state index in [0.29, 0.717) is 24.3 Å². The lowest BCUT2D eigenvalue weighted by Crippen LogP contribution is -2.36. The maximum Gasteiger partial charge on any atom is 0.387 e. The lowest BCUT2D eigenvalue weighted by molar-refractivity contribution is -0.126. The van der Waals surface area contributed by atoms with Gasteiger partial charge >= 0.3 is 6.61 Å². The van der Waals surface area contributed by atoms with Crippen molar-refractivity contribution in [2.75, 3.05) is 13.7 Å². The Morgan fingerprint density at radius 2 is 1.85 bits per heavy atom. The quantitative estimate of drug-likeness (QED) is 0.735. The molecule has 0 atom stereocenters. The highest BCUT2D eigenvalue weighted by molar-refractivity contribution is 5.78. The molecular weight excluding hydrogens is 352 g/mol. The topological polar surface area (TPSA) is 47.6 Å². The highest BCUT2D eigenvalue weighted by Gasteiger charge is 2.32. The summed E-state index contributed by atoms with van der Waals surface area (Å²) in [6, 6.07) is 4.92. The van der Waals surface area contributed by atoms with Crippen LogP contribution < -0.4 is 14.8 Å². The van der Waals surface area contributed by atoms with Gasteiger partial charge in [0.25, 0.3) is 0 Å². The Hall–Kier alpha value is -1.85. The Balaban J connectivity index is 1.81. The number of benzene rings is 1. The molecular formula is C21H31F2NO3. The number of amides is 1. The number of ether oxygens (including phenoxy) is 2. The molecule has 152 valence electrons. The summed E-state index contributed by atoms with van der Waals surface area (Å²) in [6.45, 7) is 4.35. The van der Waals surface area contributed by atoms with E-state index in [1.807, 2.05) is 0 Å². The third-order valence-corrected chi connectivity index (χ3v) is 5.48. The molecule has 27 heavy (non-hydrogen) atoms. The van der Waals surface area contributed by atoms with Crippen molar-refractivity contribution in [3.8, 4) is 11.5 Å². The molecule has 6 heteroatoms. The van der Waals surface area contributed by atoms with E-state index < -0.39 is 6.61 Å². The molecule has 1 aliphatic rings. The first-order valence-corrected chi connectivity index (χ1v) is 9.60. The van der Waals surface area contributed by atoms with Crippen LogP contribution in [0.25, 0.3) is 0 Å². The van der Waals surface area contributed by atoms with Crippen LogP contribution in [0.2, 0.25) is 0 Å². The van der Waals surface area contributed by atoms with Crippen LogP contribution in [0.3, 0.4) is 0 Å². The molecule has 4 nitrogen and oxygen atoms in total. The monoisotopic (exact) mass is 383 g/mol. The van der Waals surface area contributed by atoms with Gasteiger partial charge in [-0.25, -0.2) is 0 Å². The van der Waals surface area contributed by atoms with Gasteiger partial charge in [-0.2, -0.15) is 8.78 Å². The molecule has 1 amide bonds. The number of halogens is 2. The van der Waals surface area contributed by atoms with E-state index in [2.05, 4.69) is 30.8 Å². The van der Waals surface area contributed by atoms with Crippen LogP contribution in [0.1, 0.15) is 52.0 Å². The van der Waals surface area contributed by atoms with Gasteiger partial charge in [-0.05, 0) is 61.1 Å². The molecule has 1 fully saturated rings. The molecule has 0 aliphatic heterocycles. The highest BCUT2D eigenvalue weighted by Crippen LogP contribution is 2.39. The van der Waals surface area contributed by atoms with E-state index in [1.54, 1.807) is 12.1 Å². The van der Waals surface area contributed by atoms with Gasteiger partial charge in [-0.3, -0.25) is 4.79 Å². The largest absolute Gasteiger partial charge is 0.493 e. The SMILES string of the molecule is COc1ccc(CCNC(=O)C2CCC(C(C)(C)C)CC2)cc1OC(F)F. The third kappa shape index (κ3) is 6.36. The Morgan fingerprint density at radius 1 is 1.19 bits per heavy atom. The Labute approximate surface area is 160 Å². The highest BCUT2D eigenvalue weighted by atomic mass is 19.3. The maximum absolute atomic E-state index is 12.5. The van der Waals surface area contributed by atoms with Crippen molar-refractivity contribution in [2.24, 2.45) is 17.3 Å². The average molecular weight is 383 g/mol. The second kappa shape index (κ2) is 9.38. The number of hydrogen-bond acceptors (Lipinski definition) is 3. The number of carbonyl (C=O) groups is 1. The second-order valence-corrected chi connectivity index (χ2v) is 8.32. The molecule has 0 heterocycles. The lowest BCUT2D eigenvalue weighted by Gasteiger charge is -2.36. The van der Waals surface area contributed by atoms with Crippen LogP contribution in [-0.4, -0.2) is 26.2 Å². The van der Waals surface area contributed by atoms with E-state index >= 15 is 0 Å². The smallest absolute Gasteiger partial charge is 0.387 e. The molecule has 0 bridgehead atoms. The molecule has 2 rings (SSSR count). The first-order valence-electron chi connectivity index (χ1n) is 9.60. The van der Waals surface area contributed by atoms with E-state index in [4.69, 9.17) is 4.74 Å². The van der Waals surface area contributed by atoms with Crippen LogP contribution in [0.5, 0.6) is 11.5 Å². The van der Waals surface area contributed by atoms with Gasteiger partial charge in [0.1, 0.15) is 0 Å². The molecule has 1 aromatic carbocycles. The van der Waals surface area contributed by atoms with Gasteiger partial charge in [0.15, 0.2) is 11.5 Å². The summed E-state index contributed by atoms with van der Waals surface area (Å²) in [4.78, 5) is 12.4. The van der Waals surface area contributed by atoms with Crippen LogP contribution >= 0.6 is 0 Å². The van der Waals surface area contributed by atoms with Crippen molar-refractivity contribution in [3.63, 3.8) is 0 Å². The average Bonchev–Trinajstić information content (AvgIpc) is 2.61. The van der Waals surface area contributed by atoms with Crippen molar-refractivity contribution < 1.29 is 23.0 Å². The van der Waals surface area contributed by atoms with Gasteiger partial charge in [0.05, 0.1) is 7.11 Å². The summed E-state index contributed by atoms with van der Waals surface area (Å²) < 4.78 is 34.5. The number of rotatable bonds is 7. The van der Waals surface area contributed by atoms with Crippen LogP contribution in [-0.2, 0) is 11.2 Å². The number of methoxy groups -OCH3 is 1. The van der Waals surface area contributed by atoms with Gasteiger partial charge in [-0.1, -0.05) is 26.8 Å². The van der Waals surface area contributed by atoms with Crippen LogP contribution in [0, 0.1) is 17.3 Å². The van der Waals surface area contributed by atoms with Gasteiger partial charge in [0.2, 0.25) is 5.91 Å². The first kappa shape index (κ1) is 21.5. The van der Waals surface area contributed by atoms with Gasteiger partial charge in [0, 0.05) is 12.5 Å². The van der Waals surface area contributed by atoms with Gasteiger partial charge < -0.3 is 14.8 Å². The summed E-state index contributed by atoms with van der Waals surface area (Å²) in [7, 11) is 1.40. The first-order chi connectivity index (χ1) is 12.7. The molecule has 1 aromatic rings. The number of nitrogens with one attached hydrogen (secondary N) is 1. The minimum atomic E-state index is -2.91. The Morgan fingerprint density at radius 3 is 2.41 bits per heavy atom. The molecule has 0 spiro atoms. The van der Waals surface area contributed by atoms with Crippen LogP contribution in [0.15, 0.2) is 18.2 Å². The molecule has 1 saturated carbocycles. The summed E-state index contributed by atoms with van der Waals surface area (Å²) in [5.74, 6) is 1.13. The normalized spacial score (nSPS) is 20.4. The molecule has 1 aliphatic carbocycles. The molecule has 0 saturated heterocycles. The fourth-order valence-electron chi connectivity index (χ4n) is 3.76. The van der Waals surface area contributed by atoms with Gasteiger partial charge in [-0.15, -0.1) is 0 Å². The molecule has 0 aromatic heterocycles. The summed E-state index contributed by atoms with van der Waals surface area (Å²) in [6.07, 6.45) is 4.60. The predicted octanol–water partition coefficient (Wildman–Crippen LogP) is 4.81. The number of alkyl halides is 2. The number of hydrogen-bond donors (Lipinski definition) is 1. The Kier molecular flexibility index (Phi) is 7.45. The van der Waals surface area contributed by atoms with Crippen molar-refractivity contribution in [3.05, 3.63) is 23.8 Å². The van der Waals surface area contributed by atoms with E-state index in [0.717, 1.165) is 31.2 Å². The van der Waals surface area contributed by atoms with E-state index in [9.17, 15) is 13.6 Å². The van der Waals surface area contributed by atoms with Crippen LogP contribution in [0.4, 0.5) is 8.78 Å². The van der Waals surface area contributed by atoms with Crippen molar-refractivity contribution >= 4 is 5.91 Å². The van der Waals surface area contributed by atoms with Crippen molar-refractivity contribution in [1.82, 2.24) is 5.32 Å². The fraction of sp³-hybridized carbons (Fsp3) is 0.667. The Bertz CT molecular complexity index is 620. The minimum Gasteiger partial charge on any atom is -0.493 e. The van der Waals surface area contributed by atoms with Crippen molar-refractivity contribution in [1.29, 1.82) is 0 Å². The zero-order valence-electron chi connectivity index (χ0n) is 16.7. The zero-order valence-corrected chi connectivity index (χ0v) is 16.7. The summed E-state index contributed by atoms with van der Waals surface area (Å²) in [5.41, 5.74) is 1.11. The fourth-order valence-corrected chi connectivity index (χ4v) is 3.76. The summed E-state index contributed by atoms with van der Waals surface area (Å²) in [5, 5.41) is 2.98. The van der Waals surface area contributed by atoms with Crippen molar-refractivity contribution in [2.45, 2.75) is 59.5 Å². The predicted molar refractivity (Wildman–Crippen MR) is 101 cm³/mol. The van der Waals surface area contributed by atoms with E-state index in [-0.39, 0.29) is 23.3 Å². The second-order valence-electron chi connectivity index (χ2n) is 8.32. The molecule has 0 unspecified atom stereocenters. The molecule has 1 N–H and O–H groups in total. The maximum atomic E-state index is 12.5. The molecule has 0 radical (unpaired) electrons. The summed E-state index contributed by atoms with van der Waals surface area (Å²) >= 11 is 0. The number of carbonyl (C=O) groups excluding carboxylic acids is 1.